The summed E-state index contributed by atoms with van der Waals surface area (Å²) in [6, 6.07) is 14.1. The van der Waals surface area contributed by atoms with Crippen LogP contribution in [-0.4, -0.2) is 28.4 Å². The number of aryl methyl sites for hydroxylation is 2. The summed E-state index contributed by atoms with van der Waals surface area (Å²) in [6.07, 6.45) is 1.65. The number of allylic oxidation sites excluding steroid dienone is 1. The summed E-state index contributed by atoms with van der Waals surface area (Å²) < 4.78 is 0. The van der Waals surface area contributed by atoms with Gasteiger partial charge in [0.25, 0.3) is 17.7 Å². The van der Waals surface area contributed by atoms with Crippen LogP contribution in [0.5, 0.6) is 0 Å². The van der Waals surface area contributed by atoms with Crippen LogP contribution in [-0.2, 0) is 11.3 Å². The summed E-state index contributed by atoms with van der Waals surface area (Å²) in [7, 11) is 0. The van der Waals surface area contributed by atoms with Crippen molar-refractivity contribution in [1.82, 2.24) is 21.2 Å². The van der Waals surface area contributed by atoms with Gasteiger partial charge >= 0.3 is 0 Å². The average molecular weight is 505 g/mol. The second kappa shape index (κ2) is 11.9. The molecule has 0 saturated heterocycles. The molecule has 3 rings (SSSR count). The van der Waals surface area contributed by atoms with Gasteiger partial charge in [0.05, 0.1) is 27.6 Å². The largest absolute Gasteiger partial charge is 0.346 e. The highest BCUT2D eigenvalue weighted by atomic mass is 32.1. The zero-order chi connectivity index (χ0) is 26.2. The van der Waals surface area contributed by atoms with E-state index in [9.17, 15) is 14.4 Å². The van der Waals surface area contributed by atoms with E-state index >= 15 is 0 Å². The topological polar surface area (TPSA) is 136 Å². The number of thiophene rings is 1. The van der Waals surface area contributed by atoms with Crippen molar-refractivity contribution in [2.24, 2.45) is 0 Å². The van der Waals surface area contributed by atoms with Crippen molar-refractivity contribution in [3.05, 3.63) is 92.6 Å². The van der Waals surface area contributed by atoms with Gasteiger partial charge in [0.2, 0.25) is 0 Å². The fourth-order valence-electron chi connectivity index (χ4n) is 3.25. The fraction of sp³-hybridized carbons (Fsp3) is 0.192. The first kappa shape index (κ1) is 26.3. The highest BCUT2D eigenvalue weighted by Gasteiger charge is 2.18. The Morgan fingerprint density at radius 2 is 1.64 bits per heavy atom. The van der Waals surface area contributed by atoms with Crippen LogP contribution in [0, 0.1) is 19.3 Å². The average Bonchev–Trinajstić information content (AvgIpc) is 3.34. The molecule has 0 spiro atoms. The first-order chi connectivity index (χ1) is 17.2. The van der Waals surface area contributed by atoms with Crippen LogP contribution in [0.2, 0.25) is 0 Å². The minimum Gasteiger partial charge on any atom is -0.346 e. The number of amides is 3. The molecule has 186 valence electrons. The SMILES string of the molecule is CC(=N)/C(C(=O)Nc1ccc(C)c(C)c1)=C(\C)NNC(=O)c1ccc(C(=O)NCc2ccccn2)s1. The Bertz CT molecular complexity index is 1330. The minimum atomic E-state index is -0.473. The van der Waals surface area contributed by atoms with Crippen molar-refractivity contribution in [3.63, 3.8) is 0 Å². The number of nitrogens with one attached hydrogen (secondary N) is 5. The summed E-state index contributed by atoms with van der Waals surface area (Å²) in [6.45, 7) is 7.30. The van der Waals surface area contributed by atoms with E-state index in [1.807, 2.05) is 32.0 Å². The molecule has 0 aliphatic heterocycles. The van der Waals surface area contributed by atoms with E-state index < -0.39 is 11.8 Å². The number of carbonyl (C=O) groups is 3. The molecule has 3 amide bonds. The number of anilines is 1. The van der Waals surface area contributed by atoms with E-state index in [1.165, 1.54) is 6.92 Å². The monoisotopic (exact) mass is 504 g/mol. The van der Waals surface area contributed by atoms with Gasteiger partial charge in [-0.25, -0.2) is 0 Å². The van der Waals surface area contributed by atoms with E-state index in [2.05, 4.69) is 26.5 Å². The van der Waals surface area contributed by atoms with Crippen LogP contribution >= 0.6 is 11.3 Å². The number of hydrogen-bond donors (Lipinski definition) is 5. The Kier molecular flexibility index (Phi) is 8.69. The second-order valence-electron chi connectivity index (χ2n) is 8.12. The lowest BCUT2D eigenvalue weighted by molar-refractivity contribution is -0.112. The molecule has 0 saturated carbocycles. The molecule has 5 N–H and O–H groups in total. The van der Waals surface area contributed by atoms with Crippen molar-refractivity contribution < 1.29 is 14.4 Å². The van der Waals surface area contributed by atoms with Crippen LogP contribution in [0.3, 0.4) is 0 Å². The zero-order valence-corrected chi connectivity index (χ0v) is 21.3. The number of aromatic nitrogens is 1. The number of pyridine rings is 1. The molecule has 36 heavy (non-hydrogen) atoms. The smallest absolute Gasteiger partial charge is 0.279 e. The summed E-state index contributed by atoms with van der Waals surface area (Å²) in [4.78, 5) is 42.7. The molecule has 10 heteroatoms. The van der Waals surface area contributed by atoms with Gasteiger partial charge in [-0.15, -0.1) is 11.3 Å². The number of rotatable bonds is 9. The Labute approximate surface area is 213 Å². The Hall–Kier alpha value is -4.31. The third-order valence-corrected chi connectivity index (χ3v) is 6.40. The molecule has 0 radical (unpaired) electrons. The first-order valence-electron chi connectivity index (χ1n) is 11.1. The van der Waals surface area contributed by atoms with Crippen LogP contribution in [0.15, 0.2) is 66.0 Å². The molecule has 0 unspecified atom stereocenters. The molecule has 2 aromatic heterocycles. The number of hydrazine groups is 1. The normalized spacial score (nSPS) is 11.2. The lowest BCUT2D eigenvalue weighted by Crippen LogP contribution is -2.37. The van der Waals surface area contributed by atoms with Crippen molar-refractivity contribution in [2.75, 3.05) is 5.32 Å². The molecule has 9 nitrogen and oxygen atoms in total. The molecule has 0 aliphatic rings. The predicted octanol–water partition coefficient (Wildman–Crippen LogP) is 3.88. The summed E-state index contributed by atoms with van der Waals surface area (Å²) >= 11 is 1.04. The van der Waals surface area contributed by atoms with E-state index in [-0.39, 0.29) is 23.7 Å². The van der Waals surface area contributed by atoms with E-state index in [0.29, 0.717) is 21.1 Å². The Morgan fingerprint density at radius 1 is 0.917 bits per heavy atom. The van der Waals surface area contributed by atoms with Crippen LogP contribution in [0.4, 0.5) is 5.69 Å². The van der Waals surface area contributed by atoms with Crippen LogP contribution in [0.25, 0.3) is 0 Å². The van der Waals surface area contributed by atoms with Crippen LogP contribution in [0.1, 0.15) is 50.0 Å². The minimum absolute atomic E-state index is 0.0403. The van der Waals surface area contributed by atoms with Gasteiger partial charge in [-0.1, -0.05) is 12.1 Å². The molecular weight excluding hydrogens is 476 g/mol. The van der Waals surface area contributed by atoms with E-state index in [0.717, 1.165) is 28.2 Å². The van der Waals surface area contributed by atoms with Crippen molar-refractivity contribution in [3.8, 4) is 0 Å². The fourth-order valence-corrected chi connectivity index (χ4v) is 4.07. The second-order valence-corrected chi connectivity index (χ2v) is 9.21. The highest BCUT2D eigenvalue weighted by Crippen LogP contribution is 2.18. The molecule has 2 heterocycles. The molecule has 0 aliphatic carbocycles. The van der Waals surface area contributed by atoms with Crippen molar-refractivity contribution >= 4 is 40.5 Å². The molecule has 3 aromatic rings. The predicted molar refractivity (Wildman–Crippen MR) is 141 cm³/mol. The van der Waals surface area contributed by atoms with Gasteiger partial charge in [0.15, 0.2) is 0 Å². The lowest BCUT2D eigenvalue weighted by atomic mass is 10.1. The highest BCUT2D eigenvalue weighted by molar-refractivity contribution is 7.15. The molecular formula is C26H28N6O3S. The van der Waals surface area contributed by atoms with Gasteiger partial charge in [0, 0.05) is 23.3 Å². The van der Waals surface area contributed by atoms with Gasteiger partial charge in [0.1, 0.15) is 0 Å². The standard InChI is InChI=1S/C26H28N6O3S/c1-15-8-9-19(13-16(15)2)30-26(35)23(17(3)27)18(4)31-32-25(34)22-11-10-21(36-22)24(33)29-14-20-7-5-6-12-28-20/h5-13,27,31H,14H2,1-4H3,(H,29,33)(H,30,35)(H,32,34)/b23-18-,27-17?. The van der Waals surface area contributed by atoms with Gasteiger partial charge in [-0.05, 0) is 75.2 Å². The Balaban J connectivity index is 1.61. The number of nitrogens with zero attached hydrogens (tertiary/aromatic N) is 1. The summed E-state index contributed by atoms with van der Waals surface area (Å²) in [5, 5.41) is 13.6. The molecule has 1 aromatic carbocycles. The quantitative estimate of drug-likeness (QED) is 0.171. The zero-order valence-electron chi connectivity index (χ0n) is 20.5. The number of carbonyl (C=O) groups excluding carboxylic acids is 3. The van der Waals surface area contributed by atoms with Gasteiger partial charge in [-0.3, -0.25) is 24.8 Å². The van der Waals surface area contributed by atoms with Crippen molar-refractivity contribution in [1.29, 1.82) is 5.41 Å². The number of benzene rings is 1. The molecule has 0 fully saturated rings. The van der Waals surface area contributed by atoms with Gasteiger partial charge in [-0.2, -0.15) is 0 Å². The third-order valence-electron chi connectivity index (χ3n) is 5.32. The molecule has 0 atom stereocenters. The van der Waals surface area contributed by atoms with E-state index in [4.69, 9.17) is 5.41 Å². The summed E-state index contributed by atoms with van der Waals surface area (Å²) in [5.74, 6) is -1.24. The third kappa shape index (κ3) is 6.86. The van der Waals surface area contributed by atoms with Crippen molar-refractivity contribution in [2.45, 2.75) is 34.2 Å². The Morgan fingerprint density at radius 3 is 2.28 bits per heavy atom. The summed E-state index contributed by atoms with van der Waals surface area (Å²) in [5.41, 5.74) is 9.17. The maximum atomic E-state index is 12.8. The van der Waals surface area contributed by atoms with Gasteiger partial charge < -0.3 is 21.5 Å². The lowest BCUT2D eigenvalue weighted by Gasteiger charge is -2.14. The van der Waals surface area contributed by atoms with E-state index in [1.54, 1.807) is 43.5 Å². The first-order valence-corrected chi connectivity index (χ1v) is 12.0. The maximum absolute atomic E-state index is 12.8. The maximum Gasteiger partial charge on any atom is 0.279 e. The molecule has 0 bridgehead atoms. The number of hydrogen-bond acceptors (Lipinski definition) is 7. The van der Waals surface area contributed by atoms with Crippen LogP contribution < -0.4 is 21.5 Å².